The number of pyridine rings is 1. The van der Waals surface area contributed by atoms with Gasteiger partial charge in [0.25, 0.3) is 0 Å². The standard InChI is InChI=1S/C23H24N/c1-2-23(21-13-5-3-6-14-21,22-15-7-4-8-16-22)17-9-11-20-12-10-18-24-19-20/h3-8,10,12-16,18-19H,1-2,9,11,17H2. The maximum absolute atomic E-state index is 4.32. The molecule has 1 heteroatoms. The van der Waals surface area contributed by atoms with Crippen LogP contribution in [0.15, 0.2) is 85.2 Å². The van der Waals surface area contributed by atoms with Crippen LogP contribution in [0, 0.1) is 6.92 Å². The molecule has 3 rings (SSSR count). The zero-order valence-corrected chi connectivity index (χ0v) is 14.1. The van der Waals surface area contributed by atoms with Crippen LogP contribution in [0.5, 0.6) is 0 Å². The van der Waals surface area contributed by atoms with Crippen molar-refractivity contribution in [2.75, 3.05) is 0 Å². The van der Waals surface area contributed by atoms with Gasteiger partial charge in [-0.05, 0) is 48.4 Å². The number of aryl methyl sites for hydroxylation is 1. The molecule has 24 heavy (non-hydrogen) atoms. The third kappa shape index (κ3) is 3.56. The Morgan fingerprint density at radius 1 is 0.792 bits per heavy atom. The number of benzene rings is 2. The van der Waals surface area contributed by atoms with Crippen molar-refractivity contribution in [1.29, 1.82) is 0 Å². The van der Waals surface area contributed by atoms with Crippen LogP contribution in [-0.4, -0.2) is 4.98 Å². The molecule has 0 unspecified atom stereocenters. The molecule has 0 aliphatic rings. The Labute approximate surface area is 145 Å². The number of rotatable bonds is 7. The summed E-state index contributed by atoms with van der Waals surface area (Å²) in [5, 5.41) is 0. The molecule has 1 radical (unpaired) electrons. The van der Waals surface area contributed by atoms with Gasteiger partial charge in [0.2, 0.25) is 0 Å². The van der Waals surface area contributed by atoms with Crippen molar-refractivity contribution in [3.8, 4) is 0 Å². The van der Waals surface area contributed by atoms with E-state index < -0.39 is 0 Å². The van der Waals surface area contributed by atoms with Gasteiger partial charge < -0.3 is 0 Å². The minimum absolute atomic E-state index is 0.0231. The summed E-state index contributed by atoms with van der Waals surface area (Å²) in [6.07, 6.45) is 7.91. The fourth-order valence-electron chi connectivity index (χ4n) is 3.52. The Balaban J connectivity index is 1.87. The summed E-state index contributed by atoms with van der Waals surface area (Å²) in [6.45, 7) is 4.32. The van der Waals surface area contributed by atoms with Crippen molar-refractivity contribution >= 4 is 0 Å². The van der Waals surface area contributed by atoms with Gasteiger partial charge in [0.05, 0.1) is 0 Å². The summed E-state index contributed by atoms with van der Waals surface area (Å²) in [7, 11) is 0. The molecule has 0 fully saturated rings. The SMILES string of the molecule is [CH2]CC(CCCc1cccnc1)(c1ccccc1)c1ccccc1. The summed E-state index contributed by atoms with van der Waals surface area (Å²) >= 11 is 0. The molecule has 0 aliphatic carbocycles. The summed E-state index contributed by atoms with van der Waals surface area (Å²) in [5.74, 6) is 0. The van der Waals surface area contributed by atoms with Crippen molar-refractivity contribution < 1.29 is 0 Å². The quantitative estimate of drug-likeness (QED) is 0.552. The highest BCUT2D eigenvalue weighted by Gasteiger charge is 2.31. The first-order valence-electron chi connectivity index (χ1n) is 8.64. The first kappa shape index (κ1) is 16.4. The Bertz CT molecular complexity index is 680. The van der Waals surface area contributed by atoms with Crippen LogP contribution in [-0.2, 0) is 11.8 Å². The van der Waals surface area contributed by atoms with Crippen molar-refractivity contribution in [2.24, 2.45) is 0 Å². The maximum atomic E-state index is 4.32. The first-order valence-corrected chi connectivity index (χ1v) is 8.64. The molecule has 3 aromatic rings. The van der Waals surface area contributed by atoms with Crippen LogP contribution < -0.4 is 0 Å². The van der Waals surface area contributed by atoms with Crippen molar-refractivity contribution in [2.45, 2.75) is 31.1 Å². The smallest absolute Gasteiger partial charge is 0.0299 e. The Morgan fingerprint density at radius 3 is 1.92 bits per heavy atom. The normalized spacial score (nSPS) is 11.4. The van der Waals surface area contributed by atoms with E-state index in [0.717, 1.165) is 25.7 Å². The zero-order valence-electron chi connectivity index (χ0n) is 14.1. The molecule has 0 atom stereocenters. The molecule has 1 nitrogen and oxygen atoms in total. The van der Waals surface area contributed by atoms with Gasteiger partial charge >= 0.3 is 0 Å². The lowest BCUT2D eigenvalue weighted by molar-refractivity contribution is 0.458. The van der Waals surface area contributed by atoms with Gasteiger partial charge in [-0.2, -0.15) is 0 Å². The summed E-state index contributed by atoms with van der Waals surface area (Å²) in [6, 6.07) is 25.8. The molecule has 0 saturated heterocycles. The molecule has 0 bridgehead atoms. The van der Waals surface area contributed by atoms with Crippen molar-refractivity contribution in [3.05, 3.63) is 109 Å². The third-order valence-electron chi connectivity index (χ3n) is 4.87. The van der Waals surface area contributed by atoms with E-state index in [0.29, 0.717) is 0 Å². The number of hydrogen-bond acceptors (Lipinski definition) is 1. The summed E-state index contributed by atoms with van der Waals surface area (Å²) in [4.78, 5) is 4.22. The Hall–Kier alpha value is -2.41. The molecule has 0 N–H and O–H groups in total. The predicted molar refractivity (Wildman–Crippen MR) is 101 cm³/mol. The van der Waals surface area contributed by atoms with E-state index in [4.69, 9.17) is 0 Å². The van der Waals surface area contributed by atoms with E-state index in [-0.39, 0.29) is 5.41 Å². The predicted octanol–water partition coefficient (Wildman–Crippen LogP) is 5.61. The zero-order chi connectivity index (χ0) is 16.7. The fraction of sp³-hybridized carbons (Fsp3) is 0.217. The monoisotopic (exact) mass is 314 g/mol. The van der Waals surface area contributed by atoms with Gasteiger partial charge in [0.15, 0.2) is 0 Å². The molecular formula is C23H24N. The van der Waals surface area contributed by atoms with Crippen LogP contribution >= 0.6 is 0 Å². The van der Waals surface area contributed by atoms with Crippen LogP contribution in [0.2, 0.25) is 0 Å². The highest BCUT2D eigenvalue weighted by atomic mass is 14.6. The largest absolute Gasteiger partial charge is 0.264 e. The molecule has 0 amide bonds. The van der Waals surface area contributed by atoms with Crippen LogP contribution in [0.3, 0.4) is 0 Å². The van der Waals surface area contributed by atoms with Gasteiger partial charge in [0.1, 0.15) is 0 Å². The lowest BCUT2D eigenvalue weighted by atomic mass is 9.69. The molecule has 0 saturated carbocycles. The molecular weight excluding hydrogens is 290 g/mol. The van der Waals surface area contributed by atoms with E-state index in [1.165, 1.54) is 16.7 Å². The lowest BCUT2D eigenvalue weighted by Crippen LogP contribution is -2.27. The van der Waals surface area contributed by atoms with Crippen LogP contribution in [0.25, 0.3) is 0 Å². The minimum atomic E-state index is -0.0231. The van der Waals surface area contributed by atoms with Gasteiger partial charge in [-0.1, -0.05) is 73.7 Å². The van der Waals surface area contributed by atoms with Gasteiger partial charge in [0, 0.05) is 17.8 Å². The van der Waals surface area contributed by atoms with Gasteiger partial charge in [-0.25, -0.2) is 0 Å². The van der Waals surface area contributed by atoms with E-state index in [1.54, 1.807) is 0 Å². The summed E-state index contributed by atoms with van der Waals surface area (Å²) < 4.78 is 0. The Kier molecular flexibility index (Phi) is 5.43. The Morgan fingerprint density at radius 2 is 1.42 bits per heavy atom. The minimum Gasteiger partial charge on any atom is -0.264 e. The van der Waals surface area contributed by atoms with Crippen LogP contribution in [0.1, 0.15) is 36.0 Å². The lowest BCUT2D eigenvalue weighted by Gasteiger charge is -2.34. The highest BCUT2D eigenvalue weighted by Crippen LogP contribution is 2.39. The summed E-state index contributed by atoms with van der Waals surface area (Å²) in [5.41, 5.74) is 4.00. The highest BCUT2D eigenvalue weighted by molar-refractivity contribution is 5.39. The van der Waals surface area contributed by atoms with E-state index >= 15 is 0 Å². The second-order valence-corrected chi connectivity index (χ2v) is 6.28. The van der Waals surface area contributed by atoms with E-state index in [9.17, 15) is 0 Å². The molecule has 1 heterocycles. The molecule has 121 valence electrons. The molecule has 0 aliphatic heterocycles. The molecule has 2 aromatic carbocycles. The van der Waals surface area contributed by atoms with E-state index in [2.05, 4.69) is 78.6 Å². The second-order valence-electron chi connectivity index (χ2n) is 6.28. The molecule has 0 spiro atoms. The van der Waals surface area contributed by atoms with Gasteiger partial charge in [-0.15, -0.1) is 0 Å². The third-order valence-corrected chi connectivity index (χ3v) is 4.87. The molecule has 1 aromatic heterocycles. The van der Waals surface area contributed by atoms with Crippen molar-refractivity contribution in [3.63, 3.8) is 0 Å². The van der Waals surface area contributed by atoms with E-state index in [1.807, 2.05) is 18.5 Å². The average Bonchev–Trinajstić information content (AvgIpc) is 2.68. The average molecular weight is 314 g/mol. The first-order chi connectivity index (χ1) is 11.8. The number of nitrogens with zero attached hydrogens (tertiary/aromatic N) is 1. The topological polar surface area (TPSA) is 12.9 Å². The number of hydrogen-bond donors (Lipinski definition) is 0. The number of aromatic nitrogens is 1. The van der Waals surface area contributed by atoms with Crippen LogP contribution in [0.4, 0.5) is 0 Å². The van der Waals surface area contributed by atoms with Gasteiger partial charge in [-0.3, -0.25) is 4.98 Å². The van der Waals surface area contributed by atoms with Crippen molar-refractivity contribution in [1.82, 2.24) is 4.98 Å². The second kappa shape index (κ2) is 7.92. The maximum Gasteiger partial charge on any atom is 0.0299 e. The fourth-order valence-corrected chi connectivity index (χ4v) is 3.52.